The van der Waals surface area contributed by atoms with Crippen LogP contribution in [-0.4, -0.2) is 19.7 Å². The summed E-state index contributed by atoms with van der Waals surface area (Å²) in [5.74, 6) is -0.190. The van der Waals surface area contributed by atoms with Crippen molar-refractivity contribution in [2.75, 3.05) is 19.5 Å². The van der Waals surface area contributed by atoms with Gasteiger partial charge in [0.25, 0.3) is 0 Å². The summed E-state index contributed by atoms with van der Waals surface area (Å²) in [6.07, 6.45) is 0.821. The summed E-state index contributed by atoms with van der Waals surface area (Å²) in [6, 6.07) is 3.03. The molecule has 4 nitrogen and oxygen atoms in total. The lowest BCUT2D eigenvalue weighted by molar-refractivity contribution is 0.0596. The quantitative estimate of drug-likeness (QED) is 0.652. The minimum absolute atomic E-state index is 0.251. The van der Waals surface area contributed by atoms with Crippen molar-refractivity contribution in [3.8, 4) is 5.75 Å². The summed E-state index contributed by atoms with van der Waals surface area (Å²) in [5.41, 5.74) is 6.25. The Labute approximate surface area is 99.3 Å². The van der Waals surface area contributed by atoms with Gasteiger partial charge in [0.1, 0.15) is 5.56 Å². The Hall–Kier alpha value is -1.42. The van der Waals surface area contributed by atoms with Crippen LogP contribution in [0.3, 0.4) is 0 Å². The molecule has 0 aliphatic carbocycles. The molecule has 0 spiro atoms. The van der Waals surface area contributed by atoms with E-state index in [1.807, 2.05) is 6.92 Å². The molecule has 0 heterocycles. The summed E-state index contributed by atoms with van der Waals surface area (Å²) in [7, 11) is 1.29. The summed E-state index contributed by atoms with van der Waals surface area (Å²) in [4.78, 5) is 11.5. The zero-order valence-corrected chi connectivity index (χ0v) is 10.0. The van der Waals surface area contributed by atoms with E-state index in [9.17, 15) is 4.79 Å². The molecule has 0 aliphatic heterocycles. The molecule has 0 bridgehead atoms. The van der Waals surface area contributed by atoms with Gasteiger partial charge in [-0.25, -0.2) is 4.79 Å². The molecule has 0 saturated heterocycles. The third kappa shape index (κ3) is 2.79. The van der Waals surface area contributed by atoms with Gasteiger partial charge in [0.15, 0.2) is 5.75 Å². The highest BCUT2D eigenvalue weighted by Gasteiger charge is 2.17. The van der Waals surface area contributed by atoms with E-state index >= 15 is 0 Å². The molecular weight excluding hydrogens is 230 g/mol. The zero-order chi connectivity index (χ0) is 12.1. The molecule has 1 rings (SSSR count). The molecule has 88 valence electrons. The normalized spacial score (nSPS) is 9.94. The molecule has 0 amide bonds. The van der Waals surface area contributed by atoms with Crippen LogP contribution in [0.25, 0.3) is 0 Å². The molecule has 0 aromatic heterocycles. The molecule has 0 aliphatic rings. The van der Waals surface area contributed by atoms with Crippen LogP contribution in [0.4, 0.5) is 5.69 Å². The molecular formula is C11H14ClNO3. The monoisotopic (exact) mass is 243 g/mol. The van der Waals surface area contributed by atoms with Gasteiger partial charge in [-0.3, -0.25) is 0 Å². The van der Waals surface area contributed by atoms with Crippen molar-refractivity contribution in [3.63, 3.8) is 0 Å². The molecule has 1 aromatic rings. The van der Waals surface area contributed by atoms with Crippen LogP contribution in [0, 0.1) is 0 Å². The first-order chi connectivity index (χ1) is 7.60. The first-order valence-electron chi connectivity index (χ1n) is 4.90. The number of carbonyl (C=O) groups is 1. The van der Waals surface area contributed by atoms with Crippen molar-refractivity contribution >= 4 is 23.3 Å². The van der Waals surface area contributed by atoms with Gasteiger partial charge in [-0.2, -0.15) is 0 Å². The molecule has 0 saturated carbocycles. The second kappa shape index (κ2) is 5.61. The second-order valence-electron chi connectivity index (χ2n) is 3.22. The van der Waals surface area contributed by atoms with Gasteiger partial charge in [0.05, 0.1) is 18.7 Å². The molecule has 1 aromatic carbocycles. The Bertz CT molecular complexity index is 393. The molecule has 0 atom stereocenters. The van der Waals surface area contributed by atoms with Gasteiger partial charge in [-0.05, 0) is 18.6 Å². The van der Waals surface area contributed by atoms with Gasteiger partial charge in [0.2, 0.25) is 0 Å². The Morgan fingerprint density at radius 3 is 2.75 bits per heavy atom. The van der Waals surface area contributed by atoms with E-state index < -0.39 is 5.97 Å². The Kier molecular flexibility index (Phi) is 4.43. The SMILES string of the molecule is CCCOc1c(Cl)cc(N)cc1C(=O)OC. The van der Waals surface area contributed by atoms with Crippen LogP contribution in [-0.2, 0) is 4.74 Å². The van der Waals surface area contributed by atoms with Gasteiger partial charge in [-0.15, -0.1) is 0 Å². The van der Waals surface area contributed by atoms with Crippen molar-refractivity contribution in [2.24, 2.45) is 0 Å². The highest BCUT2D eigenvalue weighted by Crippen LogP contribution is 2.32. The predicted octanol–water partition coefficient (Wildman–Crippen LogP) is 2.50. The summed E-state index contributed by atoms with van der Waals surface area (Å²) in [6.45, 7) is 2.44. The van der Waals surface area contributed by atoms with E-state index in [-0.39, 0.29) is 5.56 Å². The van der Waals surface area contributed by atoms with Gasteiger partial charge in [0, 0.05) is 5.69 Å². The van der Waals surface area contributed by atoms with Crippen molar-refractivity contribution in [3.05, 3.63) is 22.7 Å². The fourth-order valence-electron chi connectivity index (χ4n) is 1.23. The number of esters is 1. The van der Waals surface area contributed by atoms with Crippen molar-refractivity contribution in [1.82, 2.24) is 0 Å². The first kappa shape index (κ1) is 12.6. The largest absolute Gasteiger partial charge is 0.491 e. The molecule has 5 heteroatoms. The molecule has 16 heavy (non-hydrogen) atoms. The van der Waals surface area contributed by atoms with E-state index in [4.69, 9.17) is 22.1 Å². The van der Waals surface area contributed by atoms with Crippen LogP contribution in [0.15, 0.2) is 12.1 Å². The topological polar surface area (TPSA) is 61.5 Å². The number of hydrogen-bond acceptors (Lipinski definition) is 4. The smallest absolute Gasteiger partial charge is 0.341 e. The van der Waals surface area contributed by atoms with Crippen LogP contribution in [0.1, 0.15) is 23.7 Å². The molecule has 0 fully saturated rings. The number of benzene rings is 1. The number of hydrogen-bond donors (Lipinski definition) is 1. The number of nitrogen functional groups attached to an aromatic ring is 1. The van der Waals surface area contributed by atoms with Gasteiger partial charge in [-0.1, -0.05) is 18.5 Å². The van der Waals surface area contributed by atoms with E-state index in [1.165, 1.54) is 13.2 Å². The maximum absolute atomic E-state index is 11.5. The number of anilines is 1. The lowest BCUT2D eigenvalue weighted by atomic mass is 10.2. The van der Waals surface area contributed by atoms with Crippen molar-refractivity contribution < 1.29 is 14.3 Å². The average molecular weight is 244 g/mol. The second-order valence-corrected chi connectivity index (χ2v) is 3.63. The minimum atomic E-state index is -0.514. The standard InChI is InChI=1S/C11H14ClNO3/c1-3-4-16-10-8(11(14)15-2)5-7(13)6-9(10)12/h5-6H,3-4,13H2,1-2H3. The fraction of sp³-hybridized carbons (Fsp3) is 0.364. The highest BCUT2D eigenvalue weighted by molar-refractivity contribution is 6.33. The highest BCUT2D eigenvalue weighted by atomic mass is 35.5. The number of ether oxygens (including phenoxy) is 2. The molecule has 2 N–H and O–H groups in total. The minimum Gasteiger partial charge on any atom is -0.491 e. The maximum atomic E-state index is 11.5. The zero-order valence-electron chi connectivity index (χ0n) is 9.25. The van der Waals surface area contributed by atoms with Crippen molar-refractivity contribution in [1.29, 1.82) is 0 Å². The maximum Gasteiger partial charge on any atom is 0.341 e. The van der Waals surface area contributed by atoms with E-state index in [0.717, 1.165) is 6.42 Å². The van der Waals surface area contributed by atoms with Crippen molar-refractivity contribution in [2.45, 2.75) is 13.3 Å². The van der Waals surface area contributed by atoms with Gasteiger partial charge >= 0.3 is 5.97 Å². The number of halogens is 1. The lowest BCUT2D eigenvalue weighted by Gasteiger charge is -2.12. The van der Waals surface area contributed by atoms with E-state index in [1.54, 1.807) is 6.07 Å². The third-order valence-electron chi connectivity index (χ3n) is 1.92. The molecule has 0 unspecified atom stereocenters. The number of methoxy groups -OCH3 is 1. The van der Waals surface area contributed by atoms with Crippen LogP contribution in [0.5, 0.6) is 5.75 Å². The van der Waals surface area contributed by atoms with Crippen LogP contribution in [0.2, 0.25) is 5.02 Å². The van der Waals surface area contributed by atoms with E-state index in [0.29, 0.717) is 23.1 Å². The number of rotatable bonds is 4. The summed E-state index contributed by atoms with van der Waals surface area (Å²) >= 11 is 5.96. The van der Waals surface area contributed by atoms with Crippen LogP contribution >= 0.6 is 11.6 Å². The fourth-order valence-corrected chi connectivity index (χ4v) is 1.51. The van der Waals surface area contributed by atoms with E-state index in [2.05, 4.69) is 4.74 Å². The predicted molar refractivity (Wildman–Crippen MR) is 63.0 cm³/mol. The summed E-state index contributed by atoms with van der Waals surface area (Å²) < 4.78 is 10.0. The summed E-state index contributed by atoms with van der Waals surface area (Å²) in [5, 5.41) is 0.314. The number of nitrogens with two attached hydrogens (primary N) is 1. The van der Waals surface area contributed by atoms with Crippen LogP contribution < -0.4 is 10.5 Å². The molecule has 0 radical (unpaired) electrons. The number of carbonyl (C=O) groups excluding carboxylic acids is 1. The Morgan fingerprint density at radius 2 is 2.19 bits per heavy atom. The lowest BCUT2D eigenvalue weighted by Crippen LogP contribution is -2.07. The third-order valence-corrected chi connectivity index (χ3v) is 2.20. The Morgan fingerprint density at radius 1 is 1.50 bits per heavy atom. The first-order valence-corrected chi connectivity index (χ1v) is 5.28. The Balaban J connectivity index is 3.15. The van der Waals surface area contributed by atoms with Gasteiger partial charge < -0.3 is 15.2 Å². The average Bonchev–Trinajstić information content (AvgIpc) is 2.26.